The molecule has 1 aromatic carbocycles. The highest BCUT2D eigenvalue weighted by Crippen LogP contribution is 2.22. The second-order valence-electron chi connectivity index (χ2n) is 4.05. The minimum Gasteiger partial charge on any atom is -0.507 e. The number of halogens is 1. The minimum atomic E-state index is -1.39. The van der Waals surface area contributed by atoms with E-state index < -0.39 is 17.4 Å². The number of benzene rings is 1. The fourth-order valence-corrected chi connectivity index (χ4v) is 1.45. The highest BCUT2D eigenvalue weighted by atomic mass is 79.9. The van der Waals surface area contributed by atoms with Gasteiger partial charge in [0.1, 0.15) is 11.3 Å². The van der Waals surface area contributed by atoms with Gasteiger partial charge in [-0.15, -0.1) is 0 Å². The fourth-order valence-electron chi connectivity index (χ4n) is 1.10. The van der Waals surface area contributed by atoms with Gasteiger partial charge in [0.05, 0.1) is 5.56 Å². The lowest BCUT2D eigenvalue weighted by Crippen LogP contribution is -2.49. The molecule has 1 aromatic rings. The summed E-state index contributed by atoms with van der Waals surface area (Å²) in [5, 5.41) is 20.7. The van der Waals surface area contributed by atoms with E-state index in [9.17, 15) is 14.7 Å². The number of carbonyl (C=O) groups is 2. The van der Waals surface area contributed by atoms with E-state index in [2.05, 4.69) is 21.2 Å². The van der Waals surface area contributed by atoms with Crippen LogP contribution in [0.3, 0.4) is 0 Å². The van der Waals surface area contributed by atoms with Gasteiger partial charge in [0.2, 0.25) is 0 Å². The molecule has 0 radical (unpaired) electrons. The summed E-state index contributed by atoms with van der Waals surface area (Å²) in [4.78, 5) is 22.6. The SMILES string of the molecule is CC(C)(NC(=O)c1ccc(Br)cc1O)C(=O)O. The Hall–Kier alpha value is -1.56. The Bertz CT molecular complexity index is 471. The number of aromatic hydroxyl groups is 1. The highest BCUT2D eigenvalue weighted by molar-refractivity contribution is 9.10. The van der Waals surface area contributed by atoms with Crippen molar-refractivity contribution in [2.45, 2.75) is 19.4 Å². The Kier molecular flexibility index (Phi) is 3.77. The molecule has 0 aliphatic carbocycles. The van der Waals surface area contributed by atoms with Gasteiger partial charge in [-0.05, 0) is 32.0 Å². The van der Waals surface area contributed by atoms with E-state index in [1.165, 1.54) is 26.0 Å². The maximum Gasteiger partial charge on any atom is 0.328 e. The Morgan fingerprint density at radius 3 is 2.41 bits per heavy atom. The summed E-state index contributed by atoms with van der Waals surface area (Å²) < 4.78 is 0.629. The molecule has 3 N–H and O–H groups in total. The first kappa shape index (κ1) is 13.5. The van der Waals surface area contributed by atoms with E-state index in [-0.39, 0.29) is 11.3 Å². The molecular formula is C11H12BrNO4. The van der Waals surface area contributed by atoms with Crippen LogP contribution in [0.1, 0.15) is 24.2 Å². The van der Waals surface area contributed by atoms with Crippen LogP contribution in [0, 0.1) is 0 Å². The molecule has 0 saturated carbocycles. The monoisotopic (exact) mass is 301 g/mol. The number of carboxylic acid groups (broad SMARTS) is 1. The predicted octanol–water partition coefficient (Wildman–Crippen LogP) is 1.75. The molecule has 0 bridgehead atoms. The molecule has 17 heavy (non-hydrogen) atoms. The molecule has 6 heteroatoms. The third-order valence-electron chi connectivity index (χ3n) is 2.17. The number of phenols is 1. The van der Waals surface area contributed by atoms with Gasteiger partial charge in [-0.25, -0.2) is 4.79 Å². The smallest absolute Gasteiger partial charge is 0.328 e. The first-order chi connectivity index (χ1) is 7.74. The standard InChI is InChI=1S/C11H12BrNO4/c1-11(2,10(16)17)13-9(15)7-4-3-6(12)5-8(7)14/h3-5,14H,1-2H3,(H,13,15)(H,16,17). The summed E-state index contributed by atoms with van der Waals surface area (Å²) >= 11 is 3.14. The molecule has 92 valence electrons. The third-order valence-corrected chi connectivity index (χ3v) is 2.66. The molecule has 0 heterocycles. The molecule has 0 spiro atoms. The summed E-state index contributed by atoms with van der Waals surface area (Å²) in [6, 6.07) is 4.36. The number of hydrogen-bond donors (Lipinski definition) is 3. The van der Waals surface area contributed by atoms with Crippen molar-refractivity contribution >= 4 is 27.8 Å². The summed E-state index contributed by atoms with van der Waals surface area (Å²) in [6.45, 7) is 2.73. The second-order valence-corrected chi connectivity index (χ2v) is 4.96. The fraction of sp³-hybridized carbons (Fsp3) is 0.273. The van der Waals surface area contributed by atoms with Crippen LogP contribution in [0.25, 0.3) is 0 Å². The zero-order chi connectivity index (χ0) is 13.2. The van der Waals surface area contributed by atoms with Crippen LogP contribution < -0.4 is 5.32 Å². The number of amides is 1. The van der Waals surface area contributed by atoms with Gasteiger partial charge in [-0.2, -0.15) is 0 Å². The van der Waals surface area contributed by atoms with E-state index in [1.54, 1.807) is 6.07 Å². The van der Waals surface area contributed by atoms with Crippen molar-refractivity contribution < 1.29 is 19.8 Å². The molecule has 0 unspecified atom stereocenters. The molecule has 1 rings (SSSR count). The normalized spacial score (nSPS) is 11.0. The van der Waals surface area contributed by atoms with Gasteiger partial charge in [0.25, 0.3) is 5.91 Å². The van der Waals surface area contributed by atoms with Crippen molar-refractivity contribution in [2.24, 2.45) is 0 Å². The summed E-state index contributed by atoms with van der Waals surface area (Å²) in [7, 11) is 0. The average Bonchev–Trinajstić information content (AvgIpc) is 2.15. The number of phenolic OH excluding ortho intramolecular Hbond substituents is 1. The molecule has 0 fully saturated rings. The maximum absolute atomic E-state index is 11.7. The van der Waals surface area contributed by atoms with Crippen molar-refractivity contribution in [1.82, 2.24) is 5.32 Å². The van der Waals surface area contributed by atoms with Crippen LogP contribution in [0.5, 0.6) is 5.75 Å². The zero-order valence-electron chi connectivity index (χ0n) is 9.32. The Labute approximate surface area is 107 Å². The van der Waals surface area contributed by atoms with Crippen LogP contribution in [-0.2, 0) is 4.79 Å². The van der Waals surface area contributed by atoms with Gasteiger partial charge in [-0.3, -0.25) is 4.79 Å². The van der Waals surface area contributed by atoms with E-state index in [4.69, 9.17) is 5.11 Å². The number of rotatable bonds is 3. The lowest BCUT2D eigenvalue weighted by Gasteiger charge is -2.21. The molecule has 0 saturated heterocycles. The highest BCUT2D eigenvalue weighted by Gasteiger charge is 2.30. The largest absolute Gasteiger partial charge is 0.507 e. The van der Waals surface area contributed by atoms with Gasteiger partial charge < -0.3 is 15.5 Å². The average molecular weight is 302 g/mol. The molecule has 0 aliphatic rings. The third kappa shape index (κ3) is 3.20. The van der Waals surface area contributed by atoms with Gasteiger partial charge in [-0.1, -0.05) is 15.9 Å². The lowest BCUT2D eigenvalue weighted by molar-refractivity contribution is -0.143. The lowest BCUT2D eigenvalue weighted by atomic mass is 10.0. The molecule has 1 amide bonds. The topological polar surface area (TPSA) is 86.6 Å². The molecule has 0 aliphatic heterocycles. The first-order valence-corrected chi connectivity index (χ1v) is 5.58. The van der Waals surface area contributed by atoms with Crippen molar-refractivity contribution in [3.63, 3.8) is 0 Å². The van der Waals surface area contributed by atoms with Crippen LogP contribution in [0.2, 0.25) is 0 Å². The summed E-state index contributed by atoms with van der Waals surface area (Å²) in [5.41, 5.74) is -1.36. The second kappa shape index (κ2) is 4.75. The zero-order valence-corrected chi connectivity index (χ0v) is 10.9. The number of nitrogens with one attached hydrogen (secondary N) is 1. The van der Waals surface area contributed by atoms with Gasteiger partial charge in [0.15, 0.2) is 0 Å². The summed E-state index contributed by atoms with van der Waals surface area (Å²) in [6.07, 6.45) is 0. The van der Waals surface area contributed by atoms with Crippen LogP contribution in [-0.4, -0.2) is 27.6 Å². The first-order valence-electron chi connectivity index (χ1n) is 4.78. The molecule has 5 nitrogen and oxygen atoms in total. The molecule has 0 aromatic heterocycles. The number of aliphatic carboxylic acids is 1. The van der Waals surface area contributed by atoms with E-state index >= 15 is 0 Å². The Morgan fingerprint density at radius 2 is 1.94 bits per heavy atom. The van der Waals surface area contributed by atoms with Crippen LogP contribution in [0.4, 0.5) is 0 Å². The van der Waals surface area contributed by atoms with Gasteiger partial charge >= 0.3 is 5.97 Å². The number of carboxylic acids is 1. The van der Waals surface area contributed by atoms with Crippen molar-refractivity contribution in [2.75, 3.05) is 0 Å². The quantitative estimate of drug-likeness (QED) is 0.794. The van der Waals surface area contributed by atoms with Crippen LogP contribution >= 0.6 is 15.9 Å². The maximum atomic E-state index is 11.7. The number of carbonyl (C=O) groups excluding carboxylic acids is 1. The van der Waals surface area contributed by atoms with Crippen molar-refractivity contribution in [1.29, 1.82) is 0 Å². The van der Waals surface area contributed by atoms with Crippen LogP contribution in [0.15, 0.2) is 22.7 Å². The Balaban J connectivity index is 2.95. The van der Waals surface area contributed by atoms with E-state index in [0.717, 1.165) is 0 Å². The van der Waals surface area contributed by atoms with Crippen molar-refractivity contribution in [3.8, 4) is 5.75 Å². The van der Waals surface area contributed by atoms with Crippen molar-refractivity contribution in [3.05, 3.63) is 28.2 Å². The van der Waals surface area contributed by atoms with E-state index in [0.29, 0.717) is 4.47 Å². The van der Waals surface area contributed by atoms with Gasteiger partial charge in [0, 0.05) is 4.47 Å². The minimum absolute atomic E-state index is 0.0301. The molecule has 0 atom stereocenters. The Morgan fingerprint density at radius 1 is 1.35 bits per heavy atom. The van der Waals surface area contributed by atoms with E-state index in [1.807, 2.05) is 0 Å². The molecular weight excluding hydrogens is 290 g/mol. The summed E-state index contributed by atoms with van der Waals surface area (Å²) in [5.74, 6) is -2.00. The number of hydrogen-bond acceptors (Lipinski definition) is 3. The predicted molar refractivity (Wildman–Crippen MR) is 65.0 cm³/mol.